The molecule has 19 heavy (non-hydrogen) atoms. The average molecular weight is 259 g/mol. The molecule has 0 saturated carbocycles. The second-order valence-corrected chi connectivity index (χ2v) is 5.09. The molecule has 1 rings (SSSR count). The van der Waals surface area contributed by atoms with E-state index in [1.165, 1.54) is 0 Å². The van der Waals surface area contributed by atoms with Crippen molar-refractivity contribution in [2.45, 2.75) is 26.8 Å². The number of carbonyl (C=O) groups is 1. The predicted octanol–water partition coefficient (Wildman–Crippen LogP) is 1.80. The molecule has 0 aliphatic carbocycles. The summed E-state index contributed by atoms with van der Waals surface area (Å²) in [6.45, 7) is 5.00. The van der Waals surface area contributed by atoms with Crippen LogP contribution >= 0.6 is 0 Å². The Bertz CT molecular complexity index is 445. The van der Waals surface area contributed by atoms with Crippen molar-refractivity contribution in [1.82, 2.24) is 5.32 Å². The minimum absolute atomic E-state index is 0.000518. The first-order valence-electron chi connectivity index (χ1n) is 6.53. The number of nitrogens with one attached hydrogen (secondary N) is 1. The molecular weight excluding hydrogens is 238 g/mol. The zero-order chi connectivity index (χ0) is 14.3. The van der Waals surface area contributed by atoms with Gasteiger partial charge in [-0.1, -0.05) is 26.0 Å². The molecular formula is C15H21N3O. The van der Waals surface area contributed by atoms with Crippen LogP contribution in [-0.2, 0) is 11.3 Å². The quantitative estimate of drug-likeness (QED) is 0.817. The van der Waals surface area contributed by atoms with Crippen molar-refractivity contribution in [1.29, 1.82) is 5.26 Å². The summed E-state index contributed by atoms with van der Waals surface area (Å²) >= 11 is 0. The first kappa shape index (κ1) is 15.2. The number of nitriles is 1. The van der Waals surface area contributed by atoms with E-state index in [4.69, 9.17) is 11.0 Å². The van der Waals surface area contributed by atoms with Crippen molar-refractivity contribution in [2.75, 3.05) is 6.54 Å². The Labute approximate surface area is 114 Å². The normalized spacial score (nSPS) is 11.9. The van der Waals surface area contributed by atoms with Crippen molar-refractivity contribution in [3.05, 3.63) is 35.4 Å². The monoisotopic (exact) mass is 259 g/mol. The molecule has 1 unspecified atom stereocenters. The predicted molar refractivity (Wildman–Crippen MR) is 75.0 cm³/mol. The number of hydrogen-bond donors (Lipinski definition) is 2. The Morgan fingerprint density at radius 1 is 1.37 bits per heavy atom. The second kappa shape index (κ2) is 7.55. The van der Waals surface area contributed by atoms with E-state index in [9.17, 15) is 4.79 Å². The number of nitrogens with two attached hydrogens (primary N) is 1. The summed E-state index contributed by atoms with van der Waals surface area (Å²) in [6.07, 6.45) is 0.801. The minimum atomic E-state index is -0.126. The van der Waals surface area contributed by atoms with Crippen LogP contribution in [0.2, 0.25) is 0 Å². The fourth-order valence-electron chi connectivity index (χ4n) is 1.91. The van der Waals surface area contributed by atoms with E-state index in [2.05, 4.69) is 25.2 Å². The van der Waals surface area contributed by atoms with Gasteiger partial charge in [-0.25, -0.2) is 0 Å². The molecule has 3 N–H and O–H groups in total. The Hall–Kier alpha value is -1.86. The van der Waals surface area contributed by atoms with Crippen LogP contribution in [0.25, 0.3) is 0 Å². The summed E-state index contributed by atoms with van der Waals surface area (Å²) in [5.74, 6) is 0.327. The Morgan fingerprint density at radius 2 is 2.00 bits per heavy atom. The van der Waals surface area contributed by atoms with E-state index in [0.29, 0.717) is 24.6 Å². The van der Waals surface area contributed by atoms with Crippen LogP contribution in [0.4, 0.5) is 0 Å². The molecule has 1 aromatic carbocycles. The Morgan fingerprint density at radius 3 is 2.47 bits per heavy atom. The summed E-state index contributed by atoms with van der Waals surface area (Å²) in [7, 11) is 0. The lowest BCUT2D eigenvalue weighted by atomic mass is 9.96. The third-order valence-electron chi connectivity index (χ3n) is 2.96. The highest BCUT2D eigenvalue weighted by Crippen LogP contribution is 2.11. The molecule has 4 nitrogen and oxygen atoms in total. The van der Waals surface area contributed by atoms with Gasteiger partial charge in [-0.3, -0.25) is 4.79 Å². The maximum atomic E-state index is 12.0. The summed E-state index contributed by atoms with van der Waals surface area (Å²) in [5.41, 5.74) is 7.23. The first-order valence-corrected chi connectivity index (χ1v) is 6.53. The van der Waals surface area contributed by atoms with Crippen LogP contribution in [0.15, 0.2) is 24.3 Å². The van der Waals surface area contributed by atoms with Gasteiger partial charge in [0.2, 0.25) is 5.91 Å². The van der Waals surface area contributed by atoms with Gasteiger partial charge in [-0.15, -0.1) is 0 Å². The standard InChI is InChI=1S/C15H21N3O/c1-11(2)7-14(9-17)15(19)18-10-13-5-3-12(8-16)4-6-13/h3-6,11,14H,7,9-10,17H2,1-2H3,(H,18,19). The van der Waals surface area contributed by atoms with Gasteiger partial charge in [-0.2, -0.15) is 5.26 Å². The molecule has 102 valence electrons. The third-order valence-corrected chi connectivity index (χ3v) is 2.96. The average Bonchev–Trinajstić information content (AvgIpc) is 2.42. The molecule has 0 fully saturated rings. The molecule has 1 amide bonds. The lowest BCUT2D eigenvalue weighted by Gasteiger charge is -2.16. The molecule has 0 spiro atoms. The molecule has 0 aromatic heterocycles. The Balaban J connectivity index is 2.50. The molecule has 4 heteroatoms. The van der Waals surface area contributed by atoms with E-state index < -0.39 is 0 Å². The third kappa shape index (κ3) is 5.11. The van der Waals surface area contributed by atoms with Gasteiger partial charge in [0.15, 0.2) is 0 Å². The molecule has 1 atom stereocenters. The van der Waals surface area contributed by atoms with Gasteiger partial charge in [0.05, 0.1) is 17.6 Å². The summed E-state index contributed by atoms with van der Waals surface area (Å²) in [6, 6.07) is 9.25. The molecule has 1 aromatic rings. The van der Waals surface area contributed by atoms with Gasteiger partial charge >= 0.3 is 0 Å². The summed E-state index contributed by atoms with van der Waals surface area (Å²) in [4.78, 5) is 12.0. The zero-order valence-electron chi connectivity index (χ0n) is 11.5. The van der Waals surface area contributed by atoms with E-state index in [1.807, 2.05) is 12.1 Å². The zero-order valence-corrected chi connectivity index (χ0v) is 11.5. The highest BCUT2D eigenvalue weighted by molar-refractivity contribution is 5.78. The lowest BCUT2D eigenvalue weighted by molar-refractivity contribution is -0.125. The van der Waals surface area contributed by atoms with Crippen LogP contribution in [0.5, 0.6) is 0 Å². The number of hydrogen-bond acceptors (Lipinski definition) is 3. The lowest BCUT2D eigenvalue weighted by Crippen LogP contribution is -2.35. The fourth-order valence-corrected chi connectivity index (χ4v) is 1.91. The van der Waals surface area contributed by atoms with E-state index >= 15 is 0 Å². The van der Waals surface area contributed by atoms with E-state index in [0.717, 1.165) is 12.0 Å². The molecule has 0 aliphatic heterocycles. The largest absolute Gasteiger partial charge is 0.352 e. The second-order valence-electron chi connectivity index (χ2n) is 5.09. The van der Waals surface area contributed by atoms with Crippen molar-refractivity contribution in [2.24, 2.45) is 17.6 Å². The van der Waals surface area contributed by atoms with Crippen molar-refractivity contribution in [3.8, 4) is 6.07 Å². The number of carbonyl (C=O) groups excluding carboxylic acids is 1. The van der Waals surface area contributed by atoms with Crippen LogP contribution in [0, 0.1) is 23.2 Å². The molecule has 0 saturated heterocycles. The molecule has 0 radical (unpaired) electrons. The summed E-state index contributed by atoms with van der Waals surface area (Å²) in [5, 5.41) is 11.6. The van der Waals surface area contributed by atoms with Crippen LogP contribution in [-0.4, -0.2) is 12.5 Å². The highest BCUT2D eigenvalue weighted by Gasteiger charge is 2.17. The van der Waals surface area contributed by atoms with Crippen LogP contribution < -0.4 is 11.1 Å². The number of rotatable bonds is 6. The Kier molecular flexibility index (Phi) is 6.04. The van der Waals surface area contributed by atoms with Gasteiger partial charge < -0.3 is 11.1 Å². The maximum Gasteiger partial charge on any atom is 0.224 e. The molecule has 0 aliphatic rings. The van der Waals surface area contributed by atoms with Gasteiger partial charge in [0.1, 0.15) is 0 Å². The topological polar surface area (TPSA) is 78.9 Å². The minimum Gasteiger partial charge on any atom is -0.352 e. The van der Waals surface area contributed by atoms with Crippen molar-refractivity contribution >= 4 is 5.91 Å². The smallest absolute Gasteiger partial charge is 0.224 e. The van der Waals surface area contributed by atoms with Crippen LogP contribution in [0.3, 0.4) is 0 Å². The van der Waals surface area contributed by atoms with Crippen LogP contribution in [0.1, 0.15) is 31.4 Å². The fraction of sp³-hybridized carbons (Fsp3) is 0.467. The van der Waals surface area contributed by atoms with Crippen molar-refractivity contribution in [3.63, 3.8) is 0 Å². The van der Waals surface area contributed by atoms with Gasteiger partial charge in [0.25, 0.3) is 0 Å². The number of nitrogens with zero attached hydrogens (tertiary/aromatic N) is 1. The highest BCUT2D eigenvalue weighted by atomic mass is 16.1. The SMILES string of the molecule is CC(C)CC(CN)C(=O)NCc1ccc(C#N)cc1. The first-order chi connectivity index (χ1) is 9.06. The number of amides is 1. The van der Waals surface area contributed by atoms with E-state index in [1.54, 1.807) is 12.1 Å². The maximum absolute atomic E-state index is 12.0. The number of benzene rings is 1. The summed E-state index contributed by atoms with van der Waals surface area (Å²) < 4.78 is 0. The van der Waals surface area contributed by atoms with E-state index in [-0.39, 0.29) is 11.8 Å². The molecule has 0 heterocycles. The van der Waals surface area contributed by atoms with Gasteiger partial charge in [0, 0.05) is 13.1 Å². The molecule has 0 bridgehead atoms. The van der Waals surface area contributed by atoms with Gasteiger partial charge in [-0.05, 0) is 30.0 Å². The van der Waals surface area contributed by atoms with Crippen molar-refractivity contribution < 1.29 is 4.79 Å².